The molecule has 6 nitrogen and oxygen atoms in total. The van der Waals surface area contributed by atoms with Crippen molar-refractivity contribution in [3.8, 4) is 5.75 Å². The molecule has 1 aliphatic heterocycles. The minimum Gasteiger partial charge on any atom is -0.487 e. The van der Waals surface area contributed by atoms with Gasteiger partial charge in [-0.2, -0.15) is 9.97 Å². The molecule has 2 N–H and O–H groups in total. The summed E-state index contributed by atoms with van der Waals surface area (Å²) in [5, 5.41) is 4.42. The summed E-state index contributed by atoms with van der Waals surface area (Å²) in [5.41, 5.74) is 2.79. The van der Waals surface area contributed by atoms with E-state index in [0.717, 1.165) is 53.0 Å². The number of nitrogens with one attached hydrogen (secondary N) is 2. The van der Waals surface area contributed by atoms with Crippen molar-refractivity contribution in [2.45, 2.75) is 19.8 Å². The minimum atomic E-state index is 0.459. The first kappa shape index (κ1) is 16.4. The summed E-state index contributed by atoms with van der Waals surface area (Å²) >= 11 is 0. The molecule has 4 rings (SSSR count). The number of H-pyrrole nitrogens is 1. The van der Waals surface area contributed by atoms with Gasteiger partial charge in [0.15, 0.2) is 0 Å². The third kappa shape index (κ3) is 3.22. The van der Waals surface area contributed by atoms with Crippen LogP contribution in [0.2, 0.25) is 0 Å². The third-order valence-electron chi connectivity index (χ3n) is 4.50. The number of ether oxygens (including phenoxy) is 1. The van der Waals surface area contributed by atoms with Crippen LogP contribution in [0.15, 0.2) is 43.0 Å². The smallest absolute Gasteiger partial charge is 0.229 e. The van der Waals surface area contributed by atoms with Crippen LogP contribution in [-0.4, -0.2) is 34.6 Å². The number of fused-ring (bicyclic) bond motifs is 1. The molecule has 0 amide bonds. The van der Waals surface area contributed by atoms with E-state index in [4.69, 9.17) is 14.7 Å². The third-order valence-corrected chi connectivity index (χ3v) is 4.50. The van der Waals surface area contributed by atoms with Crippen LogP contribution >= 0.6 is 0 Å². The van der Waals surface area contributed by atoms with Gasteiger partial charge in [0.1, 0.15) is 23.8 Å². The van der Waals surface area contributed by atoms with Crippen molar-refractivity contribution in [2.75, 3.05) is 29.9 Å². The first-order valence-electron chi connectivity index (χ1n) is 8.96. The number of aromatic nitrogens is 3. The molecule has 1 fully saturated rings. The molecule has 0 aliphatic carbocycles. The molecule has 134 valence electrons. The summed E-state index contributed by atoms with van der Waals surface area (Å²) in [5.74, 6) is 2.33. The molecule has 0 saturated carbocycles. The van der Waals surface area contributed by atoms with E-state index in [0.29, 0.717) is 6.61 Å². The maximum absolute atomic E-state index is 5.76. The van der Waals surface area contributed by atoms with Crippen molar-refractivity contribution in [2.24, 2.45) is 0 Å². The van der Waals surface area contributed by atoms with E-state index in [1.54, 1.807) is 6.08 Å². The normalized spacial score (nSPS) is 14.0. The van der Waals surface area contributed by atoms with Gasteiger partial charge in [-0.3, -0.25) is 0 Å². The van der Waals surface area contributed by atoms with Gasteiger partial charge < -0.3 is 19.9 Å². The number of aromatic amines is 1. The number of para-hydroxylation sites is 2. The van der Waals surface area contributed by atoms with Gasteiger partial charge in [-0.05, 0) is 38.0 Å². The Kier molecular flexibility index (Phi) is 4.48. The van der Waals surface area contributed by atoms with Crippen molar-refractivity contribution in [3.63, 3.8) is 0 Å². The van der Waals surface area contributed by atoms with Crippen molar-refractivity contribution < 1.29 is 4.74 Å². The van der Waals surface area contributed by atoms with Gasteiger partial charge in [-0.25, -0.2) is 0 Å². The minimum absolute atomic E-state index is 0.459. The Hall–Kier alpha value is -3.02. The highest BCUT2D eigenvalue weighted by Gasteiger charge is 2.19. The van der Waals surface area contributed by atoms with Crippen molar-refractivity contribution in [1.29, 1.82) is 0 Å². The van der Waals surface area contributed by atoms with Crippen LogP contribution in [0.3, 0.4) is 0 Å². The molecule has 3 heterocycles. The number of rotatable bonds is 6. The van der Waals surface area contributed by atoms with Gasteiger partial charge in [-0.15, -0.1) is 0 Å². The predicted molar refractivity (Wildman–Crippen MR) is 105 cm³/mol. The Bertz CT molecular complexity index is 927. The van der Waals surface area contributed by atoms with Crippen LogP contribution in [0.5, 0.6) is 5.75 Å². The van der Waals surface area contributed by atoms with Crippen LogP contribution in [0, 0.1) is 6.92 Å². The maximum Gasteiger partial charge on any atom is 0.229 e. The standard InChI is InChI=1S/C20H23N5O/c1-3-12-26-17-9-5-4-8-16(17)22-19-15-13-14(2)21-18(15)23-20(24-19)25-10-6-7-11-25/h3-5,8-9,13H,1,6-7,10-12H2,2H3,(H2,21,22,23,24). The molecule has 0 radical (unpaired) electrons. The number of benzene rings is 1. The second-order valence-electron chi connectivity index (χ2n) is 6.50. The predicted octanol–water partition coefficient (Wildman–Crippen LogP) is 4.17. The Balaban J connectivity index is 1.74. The quantitative estimate of drug-likeness (QED) is 0.654. The fraction of sp³-hybridized carbons (Fsp3) is 0.300. The lowest BCUT2D eigenvalue weighted by molar-refractivity contribution is 0.365. The van der Waals surface area contributed by atoms with Gasteiger partial charge in [-0.1, -0.05) is 24.8 Å². The molecule has 0 spiro atoms. The highest BCUT2D eigenvalue weighted by Crippen LogP contribution is 2.32. The highest BCUT2D eigenvalue weighted by molar-refractivity contribution is 5.91. The zero-order valence-electron chi connectivity index (χ0n) is 15.0. The average Bonchev–Trinajstić information content (AvgIpc) is 3.30. The van der Waals surface area contributed by atoms with Gasteiger partial charge in [0.2, 0.25) is 5.95 Å². The van der Waals surface area contributed by atoms with Gasteiger partial charge in [0.25, 0.3) is 0 Å². The fourth-order valence-electron chi connectivity index (χ4n) is 3.25. The van der Waals surface area contributed by atoms with E-state index in [-0.39, 0.29) is 0 Å². The topological polar surface area (TPSA) is 66.1 Å². The molecular formula is C20H23N5O. The molecule has 2 aromatic heterocycles. The summed E-state index contributed by atoms with van der Waals surface area (Å²) in [6, 6.07) is 9.93. The second-order valence-corrected chi connectivity index (χ2v) is 6.50. The number of anilines is 3. The lowest BCUT2D eigenvalue weighted by Gasteiger charge is -2.17. The molecule has 6 heteroatoms. The number of nitrogens with zero attached hydrogens (tertiary/aromatic N) is 3. The largest absolute Gasteiger partial charge is 0.487 e. The first-order valence-corrected chi connectivity index (χ1v) is 8.96. The van der Waals surface area contributed by atoms with Crippen molar-refractivity contribution in [1.82, 2.24) is 15.0 Å². The molecule has 3 aromatic rings. The summed E-state index contributed by atoms with van der Waals surface area (Å²) in [4.78, 5) is 15.1. The summed E-state index contributed by atoms with van der Waals surface area (Å²) in [6.45, 7) is 8.21. The van der Waals surface area contributed by atoms with Gasteiger partial charge >= 0.3 is 0 Å². The Morgan fingerprint density at radius 1 is 1.27 bits per heavy atom. The van der Waals surface area contributed by atoms with E-state index in [1.807, 2.05) is 31.2 Å². The molecule has 0 bridgehead atoms. The summed E-state index contributed by atoms with van der Waals surface area (Å²) < 4.78 is 5.76. The molecule has 1 aliphatic rings. The van der Waals surface area contributed by atoms with Crippen LogP contribution < -0.4 is 15.0 Å². The first-order chi connectivity index (χ1) is 12.7. The van der Waals surface area contributed by atoms with E-state index in [9.17, 15) is 0 Å². The lowest BCUT2D eigenvalue weighted by atomic mass is 10.2. The number of hydrogen-bond donors (Lipinski definition) is 2. The van der Waals surface area contributed by atoms with E-state index >= 15 is 0 Å². The highest BCUT2D eigenvalue weighted by atomic mass is 16.5. The Morgan fingerprint density at radius 2 is 2.08 bits per heavy atom. The van der Waals surface area contributed by atoms with Crippen LogP contribution in [0.25, 0.3) is 11.0 Å². The number of hydrogen-bond acceptors (Lipinski definition) is 5. The van der Waals surface area contributed by atoms with Crippen LogP contribution in [0.4, 0.5) is 17.5 Å². The lowest BCUT2D eigenvalue weighted by Crippen LogP contribution is -2.20. The monoisotopic (exact) mass is 349 g/mol. The van der Waals surface area contributed by atoms with Gasteiger partial charge in [0.05, 0.1) is 11.1 Å². The average molecular weight is 349 g/mol. The Morgan fingerprint density at radius 3 is 2.88 bits per heavy atom. The molecule has 1 aromatic carbocycles. The zero-order valence-corrected chi connectivity index (χ0v) is 15.0. The molecule has 1 saturated heterocycles. The second kappa shape index (κ2) is 7.07. The van der Waals surface area contributed by atoms with E-state index in [1.165, 1.54) is 12.8 Å². The summed E-state index contributed by atoms with van der Waals surface area (Å²) in [6.07, 6.45) is 4.11. The Labute approximate surface area is 152 Å². The fourth-order valence-corrected chi connectivity index (χ4v) is 3.25. The van der Waals surface area contributed by atoms with Crippen LogP contribution in [0.1, 0.15) is 18.5 Å². The SMILES string of the molecule is C=CCOc1ccccc1Nc1nc(N2CCCC2)nc2[nH]c(C)cc12. The molecule has 0 unspecified atom stereocenters. The zero-order chi connectivity index (χ0) is 17.9. The van der Waals surface area contributed by atoms with Gasteiger partial charge in [0, 0.05) is 18.8 Å². The maximum atomic E-state index is 5.76. The number of aryl methyl sites for hydroxylation is 1. The molecular weight excluding hydrogens is 326 g/mol. The van der Waals surface area contributed by atoms with Crippen molar-refractivity contribution >= 4 is 28.5 Å². The molecule has 26 heavy (non-hydrogen) atoms. The van der Waals surface area contributed by atoms with Crippen molar-refractivity contribution in [3.05, 3.63) is 48.7 Å². The van der Waals surface area contributed by atoms with E-state index < -0.39 is 0 Å². The van der Waals surface area contributed by atoms with E-state index in [2.05, 4.69) is 27.8 Å². The molecule has 0 atom stereocenters. The van der Waals surface area contributed by atoms with Crippen LogP contribution in [-0.2, 0) is 0 Å². The summed E-state index contributed by atoms with van der Waals surface area (Å²) in [7, 11) is 0.